The van der Waals surface area contributed by atoms with Gasteiger partial charge >= 0.3 is 0 Å². The number of oxazole rings is 1. The van der Waals surface area contributed by atoms with Gasteiger partial charge in [-0.25, -0.2) is 4.98 Å². The molecule has 2 aromatic heterocycles. The smallest absolute Gasteiger partial charge is 0.204 e. The summed E-state index contributed by atoms with van der Waals surface area (Å²) in [6.45, 7) is 2.00. The Morgan fingerprint density at radius 2 is 2.35 bits per heavy atom. The first-order valence-corrected chi connectivity index (χ1v) is 5.56. The third-order valence-corrected chi connectivity index (χ3v) is 2.57. The van der Waals surface area contributed by atoms with Crippen LogP contribution in [0.4, 0.5) is 0 Å². The topological polar surface area (TPSA) is 60.4 Å². The van der Waals surface area contributed by atoms with Gasteiger partial charge in [-0.2, -0.15) is 0 Å². The van der Waals surface area contributed by atoms with Crippen LogP contribution in [0.2, 0.25) is 5.22 Å². The highest BCUT2D eigenvalue weighted by atomic mass is 35.5. The summed E-state index contributed by atoms with van der Waals surface area (Å²) >= 11 is 5.89. The zero-order valence-corrected chi connectivity index (χ0v) is 10.2. The number of nitrogens with one attached hydrogen (secondary N) is 1. The standard InChI is InChI=1S/C11H13ClN2O3/c1-15-5-3-13-6-9-10(17-7-14-9)8-2-4-16-11(8)12/h2,4,7,13H,3,5-6H2,1H3. The molecular formula is C11H13ClN2O3. The number of hydrogen-bond acceptors (Lipinski definition) is 5. The molecule has 0 aromatic carbocycles. The second-order valence-electron chi connectivity index (χ2n) is 3.41. The van der Waals surface area contributed by atoms with Crippen LogP contribution >= 0.6 is 11.6 Å². The Balaban J connectivity index is 2.05. The number of halogens is 1. The molecule has 0 aliphatic heterocycles. The number of hydrogen-bond donors (Lipinski definition) is 1. The SMILES string of the molecule is COCCNCc1ncoc1-c1ccoc1Cl. The molecular weight excluding hydrogens is 244 g/mol. The van der Waals surface area contributed by atoms with Crippen molar-refractivity contribution >= 4 is 11.6 Å². The fourth-order valence-corrected chi connectivity index (χ4v) is 1.65. The first-order valence-electron chi connectivity index (χ1n) is 5.18. The zero-order valence-electron chi connectivity index (χ0n) is 9.40. The summed E-state index contributed by atoms with van der Waals surface area (Å²) < 4.78 is 15.3. The Labute approximate surface area is 104 Å². The lowest BCUT2D eigenvalue weighted by molar-refractivity contribution is 0.199. The highest BCUT2D eigenvalue weighted by Gasteiger charge is 2.15. The summed E-state index contributed by atoms with van der Waals surface area (Å²) in [5.41, 5.74) is 1.51. The Hall–Kier alpha value is -1.30. The molecule has 0 radical (unpaired) electrons. The number of rotatable bonds is 6. The average molecular weight is 257 g/mol. The molecule has 0 aliphatic rings. The molecule has 0 bridgehead atoms. The molecule has 0 aliphatic carbocycles. The van der Waals surface area contributed by atoms with E-state index in [1.807, 2.05) is 0 Å². The van der Waals surface area contributed by atoms with Gasteiger partial charge in [0.2, 0.25) is 5.22 Å². The van der Waals surface area contributed by atoms with Crippen molar-refractivity contribution in [2.45, 2.75) is 6.54 Å². The number of nitrogens with zero attached hydrogens (tertiary/aromatic N) is 1. The van der Waals surface area contributed by atoms with Crippen molar-refractivity contribution < 1.29 is 13.6 Å². The largest absolute Gasteiger partial charge is 0.452 e. The van der Waals surface area contributed by atoms with E-state index in [9.17, 15) is 0 Å². The molecule has 2 rings (SSSR count). The van der Waals surface area contributed by atoms with E-state index in [2.05, 4.69) is 10.3 Å². The molecule has 2 heterocycles. The molecule has 1 N–H and O–H groups in total. The van der Waals surface area contributed by atoms with E-state index in [1.165, 1.54) is 12.7 Å². The van der Waals surface area contributed by atoms with Gasteiger partial charge < -0.3 is 18.9 Å². The van der Waals surface area contributed by atoms with Crippen LogP contribution in [-0.4, -0.2) is 25.2 Å². The Morgan fingerprint density at radius 1 is 1.47 bits per heavy atom. The van der Waals surface area contributed by atoms with Crippen molar-refractivity contribution in [2.24, 2.45) is 0 Å². The fourth-order valence-electron chi connectivity index (χ4n) is 1.45. The second-order valence-corrected chi connectivity index (χ2v) is 3.75. The highest BCUT2D eigenvalue weighted by molar-refractivity contribution is 6.31. The minimum absolute atomic E-state index is 0.305. The van der Waals surface area contributed by atoms with Crippen molar-refractivity contribution in [3.05, 3.63) is 29.6 Å². The van der Waals surface area contributed by atoms with E-state index in [0.29, 0.717) is 29.7 Å². The maximum Gasteiger partial charge on any atom is 0.204 e. The van der Waals surface area contributed by atoms with Crippen LogP contribution in [0, 0.1) is 0 Å². The normalized spacial score (nSPS) is 10.9. The molecule has 2 aromatic rings. The molecule has 0 spiro atoms. The van der Waals surface area contributed by atoms with E-state index in [-0.39, 0.29) is 0 Å². The van der Waals surface area contributed by atoms with Crippen LogP contribution in [0.3, 0.4) is 0 Å². The first-order chi connectivity index (χ1) is 8.33. The highest BCUT2D eigenvalue weighted by Crippen LogP contribution is 2.30. The van der Waals surface area contributed by atoms with Gasteiger partial charge in [0, 0.05) is 20.2 Å². The van der Waals surface area contributed by atoms with E-state index in [1.54, 1.807) is 13.2 Å². The van der Waals surface area contributed by atoms with Gasteiger partial charge in [-0.3, -0.25) is 0 Å². The maximum atomic E-state index is 5.89. The Kier molecular flexibility index (Phi) is 4.19. The lowest BCUT2D eigenvalue weighted by atomic mass is 10.2. The molecule has 6 heteroatoms. The summed E-state index contributed by atoms with van der Waals surface area (Å²) in [4.78, 5) is 4.14. The van der Waals surface area contributed by atoms with Crippen molar-refractivity contribution in [3.8, 4) is 11.3 Å². The number of methoxy groups -OCH3 is 1. The van der Waals surface area contributed by atoms with Gasteiger partial charge in [0.1, 0.15) is 5.69 Å². The number of aromatic nitrogens is 1. The van der Waals surface area contributed by atoms with Crippen LogP contribution in [-0.2, 0) is 11.3 Å². The molecule has 0 amide bonds. The summed E-state index contributed by atoms with van der Waals surface area (Å²) in [5.74, 6) is 0.633. The summed E-state index contributed by atoms with van der Waals surface area (Å²) in [5, 5.41) is 3.49. The molecule has 17 heavy (non-hydrogen) atoms. The van der Waals surface area contributed by atoms with Crippen molar-refractivity contribution in [1.29, 1.82) is 0 Å². The number of furan rings is 1. The monoisotopic (exact) mass is 256 g/mol. The molecule has 0 saturated carbocycles. The fraction of sp³-hybridized carbons (Fsp3) is 0.364. The number of ether oxygens (including phenoxy) is 1. The van der Waals surface area contributed by atoms with Crippen LogP contribution < -0.4 is 5.32 Å². The summed E-state index contributed by atoms with van der Waals surface area (Å²) in [6, 6.07) is 1.75. The third kappa shape index (κ3) is 2.88. The van der Waals surface area contributed by atoms with Gasteiger partial charge in [0.25, 0.3) is 0 Å². The predicted octanol–water partition coefficient (Wildman–Crippen LogP) is 2.32. The molecule has 5 nitrogen and oxygen atoms in total. The van der Waals surface area contributed by atoms with Gasteiger partial charge in [-0.1, -0.05) is 0 Å². The average Bonchev–Trinajstić information content (AvgIpc) is 2.93. The van der Waals surface area contributed by atoms with E-state index in [0.717, 1.165) is 12.2 Å². The van der Waals surface area contributed by atoms with Crippen molar-refractivity contribution in [2.75, 3.05) is 20.3 Å². The summed E-state index contributed by atoms with van der Waals surface area (Å²) in [7, 11) is 1.66. The molecule has 0 atom stereocenters. The van der Waals surface area contributed by atoms with Gasteiger partial charge in [0.05, 0.1) is 18.4 Å². The zero-order chi connectivity index (χ0) is 12.1. The van der Waals surface area contributed by atoms with Crippen LogP contribution in [0.5, 0.6) is 0 Å². The molecule has 92 valence electrons. The van der Waals surface area contributed by atoms with Crippen LogP contribution in [0.1, 0.15) is 5.69 Å². The van der Waals surface area contributed by atoms with Crippen molar-refractivity contribution in [1.82, 2.24) is 10.3 Å². The maximum absolute atomic E-state index is 5.89. The minimum atomic E-state index is 0.305. The van der Waals surface area contributed by atoms with Gasteiger partial charge in [0.15, 0.2) is 12.2 Å². The predicted molar refractivity (Wildman–Crippen MR) is 62.8 cm³/mol. The van der Waals surface area contributed by atoms with Crippen molar-refractivity contribution in [3.63, 3.8) is 0 Å². The van der Waals surface area contributed by atoms with Gasteiger partial charge in [-0.05, 0) is 17.7 Å². The molecule has 0 unspecified atom stereocenters. The summed E-state index contributed by atoms with van der Waals surface area (Å²) in [6.07, 6.45) is 2.91. The second kappa shape index (κ2) is 5.86. The van der Waals surface area contributed by atoms with E-state index >= 15 is 0 Å². The van der Waals surface area contributed by atoms with Gasteiger partial charge in [-0.15, -0.1) is 0 Å². The van der Waals surface area contributed by atoms with Crippen LogP contribution in [0.25, 0.3) is 11.3 Å². The molecule has 0 fully saturated rings. The van der Waals surface area contributed by atoms with E-state index < -0.39 is 0 Å². The first kappa shape index (κ1) is 12.2. The van der Waals surface area contributed by atoms with Crippen LogP contribution in [0.15, 0.2) is 27.6 Å². The lowest BCUT2D eigenvalue weighted by Crippen LogP contribution is -2.19. The lowest BCUT2D eigenvalue weighted by Gasteiger charge is -2.02. The Bertz CT molecular complexity index is 467. The molecule has 0 saturated heterocycles. The Morgan fingerprint density at radius 3 is 3.06 bits per heavy atom. The third-order valence-electron chi connectivity index (χ3n) is 2.28. The van der Waals surface area contributed by atoms with E-state index in [4.69, 9.17) is 25.2 Å². The quantitative estimate of drug-likeness (QED) is 0.804. The minimum Gasteiger partial charge on any atom is -0.452 e.